The summed E-state index contributed by atoms with van der Waals surface area (Å²) in [5.41, 5.74) is 14.4. The molecule has 0 unspecified atom stereocenters. The first-order valence-corrected chi connectivity index (χ1v) is 22.3. The number of hydrogen-bond acceptors (Lipinski definition) is 4. The Labute approximate surface area is 398 Å². The van der Waals surface area contributed by atoms with Crippen LogP contribution in [0.15, 0.2) is 164 Å². The molecule has 7 aromatic carbocycles. The largest absolute Gasteiger partial charge is 0.509 e. The second-order valence-corrected chi connectivity index (χ2v) is 19.3. The molecule has 65 heavy (non-hydrogen) atoms. The van der Waals surface area contributed by atoms with Gasteiger partial charge in [0.1, 0.15) is 5.82 Å². The molecule has 0 fully saturated rings. The third-order valence-electron chi connectivity index (χ3n) is 12.4. The van der Waals surface area contributed by atoms with Crippen LogP contribution in [0.3, 0.4) is 0 Å². The van der Waals surface area contributed by atoms with Gasteiger partial charge < -0.3 is 19.1 Å². The fourth-order valence-electron chi connectivity index (χ4n) is 8.92. The minimum atomic E-state index is -0.0575. The third-order valence-corrected chi connectivity index (χ3v) is 12.4. The molecule has 3 heterocycles. The summed E-state index contributed by atoms with van der Waals surface area (Å²) in [6, 6.07) is 63.6. The maximum Gasteiger partial charge on any atom is 0.135 e. The van der Waals surface area contributed by atoms with E-state index >= 15 is 0 Å². The first-order chi connectivity index (χ1) is 30.8. The van der Waals surface area contributed by atoms with E-state index in [1.807, 2.05) is 12.3 Å². The van der Waals surface area contributed by atoms with E-state index in [1.54, 1.807) is 0 Å². The SMILES string of the molecule is CC(C)c1ccccc1-c1cc(Oc2[c-]c3c(cc2)c2ccccc2n3-c2cc(C(C)(C)C)ccn2)[c-]c(N2[CH-]N(c3cc(-c4ccccc4)cc(C(C)(C)C)c3)c3ccccc32)c1.[Pt]. The summed E-state index contributed by atoms with van der Waals surface area (Å²) in [6.45, 7) is 20.2. The standard InChI is InChI=1S/C59H53N4O.Pt/c1-39(2)49-20-12-13-21-50(49)42-32-46(62-38-61(54-24-16-17-25-55(54)62)45-31-41(40-18-10-9-11-19-40)30-44(34-45)59(6,7)8)36-48(33-42)64-47-26-27-52-51-22-14-15-23-53(51)63(56(52)37-47)57-35-43(28-29-60-57)58(3,4)5;/h9-35,38-39H,1-8H3;/q-3;. The van der Waals surface area contributed by atoms with E-state index in [0.29, 0.717) is 17.4 Å². The summed E-state index contributed by atoms with van der Waals surface area (Å²) in [5.74, 6) is 2.37. The van der Waals surface area contributed by atoms with Crippen molar-refractivity contribution in [3.8, 4) is 39.6 Å². The first kappa shape index (κ1) is 43.8. The molecule has 328 valence electrons. The third kappa shape index (κ3) is 8.39. The minimum absolute atomic E-state index is 0. The summed E-state index contributed by atoms with van der Waals surface area (Å²) in [6.07, 6.45) is 1.91. The van der Waals surface area contributed by atoms with E-state index in [1.165, 1.54) is 27.8 Å². The summed E-state index contributed by atoms with van der Waals surface area (Å²) in [7, 11) is 0. The van der Waals surface area contributed by atoms with Crippen molar-refractivity contribution in [3.63, 3.8) is 0 Å². The Hall–Kier alpha value is -6.42. The molecule has 9 aromatic rings. The molecule has 1 aliphatic heterocycles. The molecule has 0 aliphatic carbocycles. The average Bonchev–Trinajstić information content (AvgIpc) is 3.85. The van der Waals surface area contributed by atoms with E-state index in [4.69, 9.17) is 9.72 Å². The number of benzene rings is 7. The Bertz CT molecular complexity index is 3190. The molecule has 2 aromatic heterocycles. The van der Waals surface area contributed by atoms with Gasteiger partial charge in [-0.25, -0.2) is 4.98 Å². The number of aromatic nitrogens is 2. The molecule has 0 spiro atoms. The zero-order chi connectivity index (χ0) is 44.3. The number of anilines is 4. The monoisotopic (exact) mass is 1030 g/mol. The molecule has 0 atom stereocenters. The molecular formula is C59H53N4OPt-3. The molecule has 6 heteroatoms. The van der Waals surface area contributed by atoms with E-state index in [0.717, 1.165) is 61.5 Å². The number of nitrogens with zero attached hydrogens (tertiary/aromatic N) is 4. The average molecular weight is 1030 g/mol. The van der Waals surface area contributed by atoms with Crippen LogP contribution < -0.4 is 14.5 Å². The zero-order valence-corrected chi connectivity index (χ0v) is 40.5. The Balaban J connectivity index is 0.00000533. The Morgan fingerprint density at radius 3 is 2.02 bits per heavy atom. The summed E-state index contributed by atoms with van der Waals surface area (Å²) >= 11 is 0. The summed E-state index contributed by atoms with van der Waals surface area (Å²) < 4.78 is 9.14. The van der Waals surface area contributed by atoms with Crippen molar-refractivity contribution in [2.75, 3.05) is 9.80 Å². The van der Waals surface area contributed by atoms with Crippen LogP contribution >= 0.6 is 0 Å². The number of ether oxygens (including phenoxy) is 1. The van der Waals surface area contributed by atoms with Crippen LogP contribution in [0.4, 0.5) is 22.7 Å². The Morgan fingerprint density at radius 2 is 1.26 bits per heavy atom. The summed E-state index contributed by atoms with van der Waals surface area (Å²) in [4.78, 5) is 9.45. The molecule has 0 radical (unpaired) electrons. The molecule has 1 aliphatic rings. The van der Waals surface area contributed by atoms with E-state index in [9.17, 15) is 0 Å². The zero-order valence-electron chi connectivity index (χ0n) is 38.3. The van der Waals surface area contributed by atoms with Gasteiger partial charge in [0.15, 0.2) is 0 Å². The van der Waals surface area contributed by atoms with Gasteiger partial charge in [0.05, 0.1) is 0 Å². The number of para-hydroxylation sites is 3. The second kappa shape index (κ2) is 17.2. The number of rotatable bonds is 8. The van der Waals surface area contributed by atoms with Crippen LogP contribution in [0.2, 0.25) is 0 Å². The van der Waals surface area contributed by atoms with Gasteiger partial charge in [0.25, 0.3) is 0 Å². The molecule has 0 saturated heterocycles. The van der Waals surface area contributed by atoms with Crippen molar-refractivity contribution in [3.05, 3.63) is 199 Å². The van der Waals surface area contributed by atoms with Crippen molar-refractivity contribution in [2.24, 2.45) is 0 Å². The predicted molar refractivity (Wildman–Crippen MR) is 267 cm³/mol. The fraction of sp³-hybridized carbons (Fsp3) is 0.186. The topological polar surface area (TPSA) is 33.5 Å². The van der Waals surface area contributed by atoms with Crippen molar-refractivity contribution in [1.29, 1.82) is 0 Å². The predicted octanol–water partition coefficient (Wildman–Crippen LogP) is 16.0. The van der Waals surface area contributed by atoms with Crippen molar-refractivity contribution >= 4 is 44.6 Å². The fourth-order valence-corrected chi connectivity index (χ4v) is 8.92. The Kier molecular flexibility index (Phi) is 11.6. The van der Waals surface area contributed by atoms with Gasteiger partial charge in [-0.15, -0.1) is 53.6 Å². The molecule has 0 saturated carbocycles. The van der Waals surface area contributed by atoms with Crippen LogP contribution in [0.1, 0.15) is 78.0 Å². The normalized spacial score (nSPS) is 12.8. The molecule has 10 rings (SSSR count). The van der Waals surface area contributed by atoms with Crippen LogP contribution in [-0.4, -0.2) is 9.55 Å². The molecule has 0 amide bonds. The maximum absolute atomic E-state index is 6.93. The van der Waals surface area contributed by atoms with Gasteiger partial charge >= 0.3 is 0 Å². The maximum atomic E-state index is 6.93. The van der Waals surface area contributed by atoms with Crippen molar-refractivity contribution in [2.45, 2.75) is 72.1 Å². The van der Waals surface area contributed by atoms with Gasteiger partial charge in [-0.2, -0.15) is 6.07 Å². The van der Waals surface area contributed by atoms with Gasteiger partial charge in [0, 0.05) is 61.3 Å². The minimum Gasteiger partial charge on any atom is -0.509 e. The van der Waals surface area contributed by atoms with E-state index in [-0.39, 0.29) is 31.9 Å². The Morgan fingerprint density at radius 1 is 0.569 bits per heavy atom. The van der Waals surface area contributed by atoms with Crippen LogP contribution in [0.5, 0.6) is 11.5 Å². The van der Waals surface area contributed by atoms with Crippen LogP contribution in [-0.2, 0) is 31.9 Å². The second-order valence-electron chi connectivity index (χ2n) is 19.3. The quantitative estimate of drug-likeness (QED) is 0.142. The smallest absolute Gasteiger partial charge is 0.135 e. The van der Waals surface area contributed by atoms with Crippen molar-refractivity contribution < 1.29 is 25.8 Å². The first-order valence-electron chi connectivity index (χ1n) is 22.3. The van der Waals surface area contributed by atoms with Crippen LogP contribution in [0, 0.1) is 18.8 Å². The van der Waals surface area contributed by atoms with Gasteiger partial charge in [-0.3, -0.25) is 0 Å². The van der Waals surface area contributed by atoms with Gasteiger partial charge in [0.2, 0.25) is 0 Å². The van der Waals surface area contributed by atoms with E-state index in [2.05, 4.69) is 240 Å². The molecular weight excluding hydrogens is 976 g/mol. The van der Waals surface area contributed by atoms with E-state index < -0.39 is 0 Å². The number of hydrogen-bond donors (Lipinski definition) is 0. The molecule has 0 bridgehead atoms. The van der Waals surface area contributed by atoms with Gasteiger partial charge in [-0.05, 0) is 98.0 Å². The molecule has 5 nitrogen and oxygen atoms in total. The number of pyridine rings is 1. The van der Waals surface area contributed by atoms with Crippen LogP contribution in [0.25, 0.3) is 49.9 Å². The van der Waals surface area contributed by atoms with Gasteiger partial charge in [-0.1, -0.05) is 152 Å². The van der Waals surface area contributed by atoms with Crippen molar-refractivity contribution in [1.82, 2.24) is 9.55 Å². The summed E-state index contributed by atoms with van der Waals surface area (Å²) in [5, 5.41) is 2.23. The number of fused-ring (bicyclic) bond motifs is 4. The molecule has 0 N–H and O–H groups in total.